The molecule has 1 amide bonds. The molecular formula is C31H31N3O2. The average Bonchev–Trinajstić information content (AvgIpc) is 3.26. The molecule has 4 aromatic carbocycles. The van der Waals surface area contributed by atoms with Crippen LogP contribution in [0.3, 0.4) is 0 Å². The first-order valence-electron chi connectivity index (χ1n) is 12.4. The molecule has 0 spiro atoms. The fourth-order valence-electron chi connectivity index (χ4n) is 4.91. The molecule has 5 nitrogen and oxygen atoms in total. The van der Waals surface area contributed by atoms with Gasteiger partial charge >= 0.3 is 0 Å². The van der Waals surface area contributed by atoms with Crippen LogP contribution in [-0.4, -0.2) is 28.6 Å². The number of para-hydroxylation sites is 3. The molecule has 0 fully saturated rings. The van der Waals surface area contributed by atoms with Gasteiger partial charge in [0.2, 0.25) is 5.91 Å². The number of anilines is 1. The molecule has 1 heterocycles. The molecule has 5 aromatic rings. The number of rotatable bonds is 7. The highest BCUT2D eigenvalue weighted by Gasteiger charge is 2.24. The Balaban J connectivity index is 1.54. The van der Waals surface area contributed by atoms with Crippen LogP contribution in [0.5, 0.6) is 5.75 Å². The largest absolute Gasteiger partial charge is 0.497 e. The number of nitrogens with zero attached hydrogens (tertiary/aromatic N) is 3. The van der Waals surface area contributed by atoms with E-state index < -0.39 is 0 Å². The first-order valence-corrected chi connectivity index (χ1v) is 12.4. The number of imidazole rings is 1. The SMILES string of the molecule is COc1ccc2cc(C(C)c3nc4ccccc4n3CC(=O)N(c3ccccc3)C(C)C)ccc2c1. The number of carbonyl (C=O) groups is 1. The Morgan fingerprint density at radius 3 is 2.33 bits per heavy atom. The van der Waals surface area contributed by atoms with E-state index in [2.05, 4.69) is 35.8 Å². The monoisotopic (exact) mass is 477 g/mol. The standard InChI is InChI=1S/C31H31N3O2/c1-21(2)34(26-10-6-5-7-11-26)30(35)20-33-29-13-9-8-12-28(29)32-31(33)22(3)23-14-15-25-19-27(36-4)17-16-24(25)18-23/h5-19,21-22H,20H2,1-4H3. The van der Waals surface area contributed by atoms with Crippen molar-refractivity contribution in [3.05, 3.63) is 102 Å². The maximum atomic E-state index is 13.7. The summed E-state index contributed by atoms with van der Waals surface area (Å²) in [6, 6.07) is 30.5. The number of aromatic nitrogens is 2. The lowest BCUT2D eigenvalue weighted by atomic mass is 9.97. The van der Waals surface area contributed by atoms with Gasteiger partial charge in [-0.3, -0.25) is 4.79 Å². The predicted molar refractivity (Wildman–Crippen MR) is 147 cm³/mol. The second-order valence-electron chi connectivity index (χ2n) is 9.43. The van der Waals surface area contributed by atoms with Crippen LogP contribution in [0.2, 0.25) is 0 Å². The Kier molecular flexibility index (Phi) is 6.47. The third-order valence-electron chi connectivity index (χ3n) is 6.76. The van der Waals surface area contributed by atoms with E-state index in [0.717, 1.165) is 44.6 Å². The molecule has 5 heteroatoms. The fourth-order valence-corrected chi connectivity index (χ4v) is 4.91. The number of amides is 1. The quantitative estimate of drug-likeness (QED) is 0.259. The molecule has 0 aliphatic carbocycles. The van der Waals surface area contributed by atoms with Gasteiger partial charge in [0.1, 0.15) is 18.1 Å². The maximum Gasteiger partial charge on any atom is 0.247 e. The lowest BCUT2D eigenvalue weighted by Gasteiger charge is -2.28. The summed E-state index contributed by atoms with van der Waals surface area (Å²) in [7, 11) is 1.68. The second-order valence-corrected chi connectivity index (χ2v) is 9.43. The highest BCUT2D eigenvalue weighted by Crippen LogP contribution is 2.31. The van der Waals surface area contributed by atoms with Gasteiger partial charge in [-0.05, 0) is 66.6 Å². The first kappa shape index (κ1) is 23.6. The van der Waals surface area contributed by atoms with Gasteiger partial charge < -0.3 is 14.2 Å². The topological polar surface area (TPSA) is 47.4 Å². The van der Waals surface area contributed by atoms with Crippen LogP contribution in [0.1, 0.15) is 38.1 Å². The Morgan fingerprint density at radius 1 is 0.889 bits per heavy atom. The molecule has 0 saturated carbocycles. The maximum absolute atomic E-state index is 13.7. The summed E-state index contributed by atoms with van der Waals surface area (Å²) in [6.45, 7) is 6.47. The molecule has 182 valence electrons. The second kappa shape index (κ2) is 9.86. The summed E-state index contributed by atoms with van der Waals surface area (Å²) in [5.41, 5.74) is 3.92. The van der Waals surface area contributed by atoms with E-state index in [1.807, 2.05) is 85.5 Å². The normalized spacial score (nSPS) is 12.2. The Morgan fingerprint density at radius 2 is 1.58 bits per heavy atom. The van der Waals surface area contributed by atoms with Crippen molar-refractivity contribution in [2.45, 2.75) is 39.3 Å². The van der Waals surface area contributed by atoms with Gasteiger partial charge in [-0.1, -0.05) is 61.5 Å². The van der Waals surface area contributed by atoms with Gasteiger partial charge in [0, 0.05) is 17.6 Å². The molecule has 1 aromatic heterocycles. The third-order valence-corrected chi connectivity index (χ3v) is 6.76. The molecule has 0 aliphatic rings. The number of carbonyl (C=O) groups excluding carboxylic acids is 1. The molecule has 0 bridgehead atoms. The Bertz CT molecular complexity index is 1520. The van der Waals surface area contributed by atoms with E-state index in [1.165, 1.54) is 0 Å². The summed E-state index contributed by atoms with van der Waals surface area (Å²) in [5, 5.41) is 2.28. The van der Waals surface area contributed by atoms with Crippen molar-refractivity contribution in [3.8, 4) is 5.75 Å². The highest BCUT2D eigenvalue weighted by atomic mass is 16.5. The number of methoxy groups -OCH3 is 1. The molecule has 5 rings (SSSR count). The number of ether oxygens (including phenoxy) is 1. The molecule has 0 N–H and O–H groups in total. The first-order chi connectivity index (χ1) is 17.5. The molecule has 1 unspecified atom stereocenters. The van der Waals surface area contributed by atoms with Crippen LogP contribution in [0, 0.1) is 0 Å². The summed E-state index contributed by atoms with van der Waals surface area (Å²) in [6.07, 6.45) is 0. The van der Waals surface area contributed by atoms with Crippen LogP contribution in [-0.2, 0) is 11.3 Å². The zero-order valence-corrected chi connectivity index (χ0v) is 21.2. The zero-order chi connectivity index (χ0) is 25.2. The highest BCUT2D eigenvalue weighted by molar-refractivity contribution is 5.94. The Labute approximate surface area is 212 Å². The summed E-state index contributed by atoms with van der Waals surface area (Å²) in [5.74, 6) is 1.77. The van der Waals surface area contributed by atoms with E-state index in [0.29, 0.717) is 0 Å². The van der Waals surface area contributed by atoms with Crippen molar-refractivity contribution in [2.24, 2.45) is 0 Å². The lowest BCUT2D eigenvalue weighted by Crippen LogP contribution is -2.39. The fraction of sp³-hybridized carbons (Fsp3) is 0.226. The van der Waals surface area contributed by atoms with Crippen molar-refractivity contribution in [2.75, 3.05) is 12.0 Å². The number of hydrogen-bond donors (Lipinski definition) is 0. The van der Waals surface area contributed by atoms with Crippen molar-refractivity contribution in [3.63, 3.8) is 0 Å². The van der Waals surface area contributed by atoms with Crippen LogP contribution < -0.4 is 9.64 Å². The minimum Gasteiger partial charge on any atom is -0.497 e. The van der Waals surface area contributed by atoms with E-state index >= 15 is 0 Å². The molecule has 0 aliphatic heterocycles. The summed E-state index contributed by atoms with van der Waals surface area (Å²) in [4.78, 5) is 20.6. The van der Waals surface area contributed by atoms with Crippen LogP contribution >= 0.6 is 0 Å². The van der Waals surface area contributed by atoms with Gasteiger partial charge in [0.25, 0.3) is 0 Å². The number of fused-ring (bicyclic) bond motifs is 2. The third kappa shape index (κ3) is 4.44. The summed E-state index contributed by atoms with van der Waals surface area (Å²) >= 11 is 0. The van der Waals surface area contributed by atoms with E-state index in [4.69, 9.17) is 9.72 Å². The lowest BCUT2D eigenvalue weighted by molar-refractivity contribution is -0.119. The zero-order valence-electron chi connectivity index (χ0n) is 21.2. The molecule has 0 saturated heterocycles. The van der Waals surface area contributed by atoms with Crippen LogP contribution in [0.15, 0.2) is 91.0 Å². The van der Waals surface area contributed by atoms with Gasteiger partial charge in [-0.2, -0.15) is 0 Å². The van der Waals surface area contributed by atoms with Crippen molar-refractivity contribution < 1.29 is 9.53 Å². The molecule has 36 heavy (non-hydrogen) atoms. The van der Waals surface area contributed by atoms with E-state index in [9.17, 15) is 4.79 Å². The molecular weight excluding hydrogens is 446 g/mol. The van der Waals surface area contributed by atoms with Crippen molar-refractivity contribution in [1.82, 2.24) is 9.55 Å². The van der Waals surface area contributed by atoms with Gasteiger partial charge in [0.15, 0.2) is 0 Å². The van der Waals surface area contributed by atoms with Gasteiger partial charge in [0.05, 0.1) is 18.1 Å². The average molecular weight is 478 g/mol. The number of hydrogen-bond acceptors (Lipinski definition) is 3. The van der Waals surface area contributed by atoms with Gasteiger partial charge in [-0.25, -0.2) is 4.98 Å². The molecule has 1 atom stereocenters. The molecule has 0 radical (unpaired) electrons. The van der Waals surface area contributed by atoms with E-state index in [-0.39, 0.29) is 24.4 Å². The van der Waals surface area contributed by atoms with Crippen LogP contribution in [0.25, 0.3) is 21.8 Å². The smallest absolute Gasteiger partial charge is 0.247 e. The minimum absolute atomic E-state index is 0.000858. The minimum atomic E-state index is 0.000858. The summed E-state index contributed by atoms with van der Waals surface area (Å²) < 4.78 is 7.46. The Hall–Kier alpha value is -4.12. The van der Waals surface area contributed by atoms with Crippen LogP contribution in [0.4, 0.5) is 5.69 Å². The van der Waals surface area contributed by atoms with Crippen molar-refractivity contribution in [1.29, 1.82) is 0 Å². The van der Waals surface area contributed by atoms with Crippen molar-refractivity contribution >= 4 is 33.4 Å². The predicted octanol–water partition coefficient (Wildman–Crippen LogP) is 6.79. The van der Waals surface area contributed by atoms with Gasteiger partial charge in [-0.15, -0.1) is 0 Å². The van der Waals surface area contributed by atoms with E-state index in [1.54, 1.807) is 7.11 Å². The number of benzene rings is 4.